The van der Waals surface area contributed by atoms with Gasteiger partial charge in [0, 0.05) is 26.2 Å². The first kappa shape index (κ1) is 10.6. The van der Waals surface area contributed by atoms with Gasteiger partial charge in [-0.15, -0.1) is 0 Å². The fraction of sp³-hybridized carbons (Fsp3) is 1.00. The highest BCUT2D eigenvalue weighted by molar-refractivity contribution is 6.59. The highest BCUT2D eigenvalue weighted by Gasteiger charge is 2.44. The molecule has 3 aliphatic heterocycles. The molecule has 3 heterocycles. The first-order chi connectivity index (χ1) is 6.49. The largest absolute Gasteiger partial charge is 0.498 e. The van der Waals surface area contributed by atoms with Crippen molar-refractivity contribution in [2.45, 2.75) is 26.0 Å². The topological polar surface area (TPSA) is 30.9 Å². The molecule has 0 N–H and O–H groups in total. The van der Waals surface area contributed by atoms with Crippen LogP contribution in [0.15, 0.2) is 0 Å². The highest BCUT2D eigenvalue weighted by Crippen LogP contribution is 2.25. The number of nitrogens with zero attached hydrogens (tertiary/aromatic N) is 1. The van der Waals surface area contributed by atoms with Gasteiger partial charge in [-0.1, -0.05) is 0 Å². The summed E-state index contributed by atoms with van der Waals surface area (Å²) in [6.07, 6.45) is 0. The molecule has 0 saturated carbocycles. The van der Waals surface area contributed by atoms with Crippen LogP contribution in [0.5, 0.6) is 0 Å². The molecular weight excluding hydrogens is 198 g/mol. The van der Waals surface area contributed by atoms with Gasteiger partial charge in [0.2, 0.25) is 0 Å². The summed E-state index contributed by atoms with van der Waals surface area (Å²) in [4.78, 5) is 2.34. The van der Waals surface area contributed by atoms with E-state index < -0.39 is 8.80 Å². The van der Waals surface area contributed by atoms with Crippen LogP contribution in [0.2, 0.25) is 6.55 Å². The van der Waals surface area contributed by atoms with Crippen molar-refractivity contribution < 1.29 is 13.3 Å². The summed E-state index contributed by atoms with van der Waals surface area (Å²) in [5.74, 6) is 0. The first-order valence-corrected chi connectivity index (χ1v) is 7.42. The van der Waals surface area contributed by atoms with Gasteiger partial charge in [-0.25, -0.2) is 0 Å². The van der Waals surface area contributed by atoms with Gasteiger partial charge < -0.3 is 13.3 Å². The van der Waals surface area contributed by atoms with Crippen molar-refractivity contribution in [3.05, 3.63) is 0 Å². The van der Waals surface area contributed by atoms with Gasteiger partial charge in [-0.05, 0) is 13.8 Å². The molecule has 82 valence electrons. The lowest BCUT2D eigenvalue weighted by molar-refractivity contribution is -0.0728. The van der Waals surface area contributed by atoms with Crippen LogP contribution < -0.4 is 0 Å². The van der Waals surface area contributed by atoms with Crippen LogP contribution in [0, 0.1) is 0 Å². The van der Waals surface area contributed by atoms with Crippen LogP contribution >= 0.6 is 0 Å². The van der Waals surface area contributed by atoms with Crippen LogP contribution in [0.3, 0.4) is 0 Å². The Bertz CT molecular complexity index is 212. The number of hydrogen-bond acceptors (Lipinski definition) is 4. The first-order valence-electron chi connectivity index (χ1n) is 5.20. The van der Waals surface area contributed by atoms with E-state index in [0.29, 0.717) is 0 Å². The number of rotatable bonds is 0. The molecular formula is C9H19NO3Si. The van der Waals surface area contributed by atoms with Crippen molar-refractivity contribution in [3.63, 3.8) is 0 Å². The Kier molecular flexibility index (Phi) is 2.70. The fourth-order valence-electron chi connectivity index (χ4n) is 2.16. The van der Waals surface area contributed by atoms with E-state index in [1.54, 1.807) is 0 Å². The van der Waals surface area contributed by atoms with E-state index in [9.17, 15) is 0 Å². The fourth-order valence-corrected chi connectivity index (χ4v) is 4.36. The molecule has 0 spiro atoms. The van der Waals surface area contributed by atoms with Crippen molar-refractivity contribution in [2.75, 3.05) is 32.8 Å². The monoisotopic (exact) mass is 217 g/mol. The highest BCUT2D eigenvalue weighted by atomic mass is 28.4. The molecule has 0 amide bonds. The van der Waals surface area contributed by atoms with Gasteiger partial charge in [0.15, 0.2) is 0 Å². The average molecular weight is 217 g/mol. The Morgan fingerprint density at radius 1 is 1.14 bits per heavy atom. The molecule has 3 saturated heterocycles. The zero-order valence-electron chi connectivity index (χ0n) is 9.21. The number of hydrogen-bond donors (Lipinski definition) is 0. The van der Waals surface area contributed by atoms with Crippen LogP contribution in [0.4, 0.5) is 0 Å². The summed E-state index contributed by atoms with van der Waals surface area (Å²) in [6, 6.07) is 0. The summed E-state index contributed by atoms with van der Waals surface area (Å²) in [5.41, 5.74) is -0.151. The normalized spacial score (nSPS) is 42.6. The van der Waals surface area contributed by atoms with Gasteiger partial charge in [-0.3, -0.25) is 4.90 Å². The van der Waals surface area contributed by atoms with Crippen LogP contribution in [-0.2, 0) is 13.3 Å². The van der Waals surface area contributed by atoms with E-state index in [4.69, 9.17) is 13.3 Å². The quantitative estimate of drug-likeness (QED) is 0.559. The number of fused-ring (bicyclic) bond motifs is 6. The molecule has 5 heteroatoms. The Balaban J connectivity index is 2.19. The smallest absolute Gasteiger partial charge is 0.372 e. The Morgan fingerprint density at radius 3 is 2.29 bits per heavy atom. The molecule has 14 heavy (non-hydrogen) atoms. The summed E-state index contributed by atoms with van der Waals surface area (Å²) in [6.45, 7) is 10.6. The van der Waals surface area contributed by atoms with Crippen LogP contribution in [-0.4, -0.2) is 52.2 Å². The van der Waals surface area contributed by atoms with Crippen molar-refractivity contribution in [1.82, 2.24) is 4.90 Å². The lowest BCUT2D eigenvalue weighted by atomic mass is 10.1. The second kappa shape index (κ2) is 3.57. The summed E-state index contributed by atoms with van der Waals surface area (Å²) in [5, 5.41) is 0. The third kappa shape index (κ3) is 2.35. The minimum Gasteiger partial charge on any atom is -0.372 e. The van der Waals surface area contributed by atoms with E-state index in [1.165, 1.54) is 0 Å². The van der Waals surface area contributed by atoms with Crippen molar-refractivity contribution in [1.29, 1.82) is 0 Å². The summed E-state index contributed by atoms with van der Waals surface area (Å²) in [7, 11) is -2.34. The van der Waals surface area contributed by atoms with Crippen molar-refractivity contribution >= 4 is 8.80 Å². The lowest BCUT2D eigenvalue weighted by Crippen LogP contribution is -2.59. The maximum Gasteiger partial charge on any atom is 0.498 e. The second-order valence-electron chi connectivity index (χ2n) is 4.70. The van der Waals surface area contributed by atoms with E-state index >= 15 is 0 Å². The van der Waals surface area contributed by atoms with Gasteiger partial charge in [-0.2, -0.15) is 0 Å². The van der Waals surface area contributed by atoms with Crippen molar-refractivity contribution in [3.8, 4) is 0 Å². The molecule has 0 aromatic carbocycles. The molecule has 3 aliphatic rings. The molecule has 0 aromatic rings. The molecule has 3 rings (SSSR count). The third-order valence-corrected chi connectivity index (χ3v) is 4.99. The minimum atomic E-state index is -2.34. The zero-order chi connectivity index (χ0) is 10.2. The van der Waals surface area contributed by atoms with Crippen LogP contribution in [0.1, 0.15) is 13.8 Å². The Hall–Kier alpha value is 0.0569. The van der Waals surface area contributed by atoms with Gasteiger partial charge >= 0.3 is 8.80 Å². The van der Waals surface area contributed by atoms with Gasteiger partial charge in [0.1, 0.15) is 0 Å². The zero-order valence-corrected chi connectivity index (χ0v) is 10.2. The molecule has 0 aromatic heterocycles. The molecule has 3 fully saturated rings. The van der Waals surface area contributed by atoms with E-state index in [-0.39, 0.29) is 5.60 Å². The predicted octanol–water partition coefficient (Wildman–Crippen LogP) is 0.713. The van der Waals surface area contributed by atoms with E-state index in [1.807, 2.05) is 6.55 Å². The van der Waals surface area contributed by atoms with Crippen LogP contribution in [0.25, 0.3) is 0 Å². The minimum absolute atomic E-state index is 0.151. The average Bonchev–Trinajstić information content (AvgIpc) is 1.95. The maximum atomic E-state index is 5.99. The second-order valence-corrected chi connectivity index (χ2v) is 7.20. The Labute approximate surface area is 86.5 Å². The molecule has 4 nitrogen and oxygen atoms in total. The molecule has 0 atom stereocenters. The maximum absolute atomic E-state index is 5.99. The third-order valence-electron chi connectivity index (χ3n) is 2.61. The lowest BCUT2D eigenvalue weighted by Gasteiger charge is -2.44. The standard InChI is InChI=1S/C9H19NO3Si/c1-9(2)8-10-4-6-11-14(3,13-9)12-7-5-10/h4-8H2,1-3H3. The molecule has 0 aliphatic carbocycles. The summed E-state index contributed by atoms with van der Waals surface area (Å²) >= 11 is 0. The predicted molar refractivity (Wildman–Crippen MR) is 55.1 cm³/mol. The van der Waals surface area contributed by atoms with Gasteiger partial charge in [0.25, 0.3) is 0 Å². The van der Waals surface area contributed by atoms with E-state index in [2.05, 4.69) is 18.7 Å². The molecule has 0 unspecified atom stereocenters. The molecule has 0 radical (unpaired) electrons. The Morgan fingerprint density at radius 2 is 1.71 bits per heavy atom. The van der Waals surface area contributed by atoms with E-state index in [0.717, 1.165) is 32.8 Å². The van der Waals surface area contributed by atoms with Gasteiger partial charge in [0.05, 0.1) is 18.8 Å². The summed E-state index contributed by atoms with van der Waals surface area (Å²) < 4.78 is 17.4. The molecule has 2 bridgehead atoms. The van der Waals surface area contributed by atoms with Crippen molar-refractivity contribution in [2.24, 2.45) is 0 Å². The SMILES string of the molecule is CC1(C)CN2CCO[Si](C)(OCC2)O1.